The van der Waals surface area contributed by atoms with Crippen LogP contribution in [0.25, 0.3) is 0 Å². The maximum atomic E-state index is 12.2. The molecule has 1 aromatic rings. The number of hydrogen-bond donors (Lipinski definition) is 2. The summed E-state index contributed by atoms with van der Waals surface area (Å²) in [6.07, 6.45) is 0. The van der Waals surface area contributed by atoms with Crippen molar-refractivity contribution < 1.29 is 19.4 Å². The summed E-state index contributed by atoms with van der Waals surface area (Å²) in [7, 11) is 1.47. The van der Waals surface area contributed by atoms with Gasteiger partial charge in [0.1, 0.15) is 12.3 Å². The van der Waals surface area contributed by atoms with Crippen LogP contribution in [0.4, 0.5) is 10.5 Å². The van der Waals surface area contributed by atoms with Gasteiger partial charge in [0.05, 0.1) is 12.8 Å². The molecule has 0 unspecified atom stereocenters. The smallest absolute Gasteiger partial charge is 0.323 e. The highest BCUT2D eigenvalue weighted by molar-refractivity contribution is 6.31. The largest absolute Gasteiger partial charge is 0.495 e. The summed E-state index contributed by atoms with van der Waals surface area (Å²) >= 11 is 5.89. The molecule has 2 amide bonds. The maximum Gasteiger partial charge on any atom is 0.323 e. The lowest BCUT2D eigenvalue weighted by Crippen LogP contribution is -2.41. The van der Waals surface area contributed by atoms with Gasteiger partial charge < -0.3 is 20.1 Å². The number of halogens is 1. The molecule has 2 N–H and O–H groups in total. The van der Waals surface area contributed by atoms with Crippen molar-refractivity contribution in [3.05, 3.63) is 23.2 Å². The topological polar surface area (TPSA) is 78.9 Å². The molecule has 0 aliphatic carbocycles. The zero-order chi connectivity index (χ0) is 16.0. The molecule has 7 heteroatoms. The molecule has 0 fully saturated rings. The Hall–Kier alpha value is -1.95. The van der Waals surface area contributed by atoms with E-state index in [9.17, 15) is 9.59 Å². The molecule has 1 aromatic carbocycles. The van der Waals surface area contributed by atoms with Crippen LogP contribution in [0.3, 0.4) is 0 Å². The molecular weight excluding hydrogens is 296 g/mol. The van der Waals surface area contributed by atoms with Crippen molar-refractivity contribution in [1.82, 2.24) is 4.90 Å². The highest BCUT2D eigenvalue weighted by atomic mass is 35.5. The molecule has 0 aromatic heterocycles. The number of benzene rings is 1. The molecular formula is C14H19ClN2O4. The SMILES string of the molecule is COc1ccc(Cl)cc1NC(=O)N(CC(=O)O)CC(C)C. The molecule has 6 nitrogen and oxygen atoms in total. The third kappa shape index (κ3) is 5.51. The standard InChI is InChI=1S/C14H19ClN2O4/c1-9(2)7-17(8-13(18)19)14(20)16-11-6-10(15)4-5-12(11)21-3/h4-6,9H,7-8H2,1-3H3,(H,16,20)(H,18,19). The normalized spacial score (nSPS) is 10.3. The number of carboxylic acids is 1. The van der Waals surface area contributed by atoms with Crippen molar-refractivity contribution in [2.45, 2.75) is 13.8 Å². The Morgan fingerprint density at radius 2 is 2.10 bits per heavy atom. The Kier molecular flexibility index (Phi) is 6.30. The van der Waals surface area contributed by atoms with Gasteiger partial charge >= 0.3 is 12.0 Å². The van der Waals surface area contributed by atoms with E-state index in [1.54, 1.807) is 18.2 Å². The number of anilines is 1. The monoisotopic (exact) mass is 314 g/mol. The number of rotatable bonds is 6. The van der Waals surface area contributed by atoms with Gasteiger partial charge in [0, 0.05) is 11.6 Å². The van der Waals surface area contributed by atoms with Gasteiger partial charge in [-0.05, 0) is 24.1 Å². The summed E-state index contributed by atoms with van der Waals surface area (Å²) < 4.78 is 5.13. The molecule has 0 aliphatic rings. The van der Waals surface area contributed by atoms with Gasteiger partial charge in [0.15, 0.2) is 0 Å². The van der Waals surface area contributed by atoms with Crippen LogP contribution in [0.1, 0.15) is 13.8 Å². The van der Waals surface area contributed by atoms with Crippen LogP contribution in [0.5, 0.6) is 5.75 Å². The first-order valence-corrected chi connectivity index (χ1v) is 6.82. The fourth-order valence-electron chi connectivity index (χ4n) is 1.80. The van der Waals surface area contributed by atoms with Gasteiger partial charge in [-0.3, -0.25) is 4.79 Å². The van der Waals surface area contributed by atoms with Crippen LogP contribution in [-0.2, 0) is 4.79 Å². The molecule has 21 heavy (non-hydrogen) atoms. The summed E-state index contributed by atoms with van der Waals surface area (Å²) in [5.41, 5.74) is 0.397. The van der Waals surface area contributed by atoms with Crippen LogP contribution >= 0.6 is 11.6 Å². The lowest BCUT2D eigenvalue weighted by molar-refractivity contribution is -0.137. The molecule has 0 atom stereocenters. The average Bonchev–Trinajstić information content (AvgIpc) is 2.37. The Bertz CT molecular complexity index is 520. The number of nitrogens with zero attached hydrogens (tertiary/aromatic N) is 1. The summed E-state index contributed by atoms with van der Waals surface area (Å²) in [5, 5.41) is 12.0. The number of carboxylic acid groups (broad SMARTS) is 1. The van der Waals surface area contributed by atoms with E-state index in [0.29, 0.717) is 23.0 Å². The minimum atomic E-state index is -1.07. The maximum absolute atomic E-state index is 12.2. The number of carbonyl (C=O) groups is 2. The van der Waals surface area contributed by atoms with Crippen LogP contribution in [0.15, 0.2) is 18.2 Å². The van der Waals surface area contributed by atoms with Gasteiger partial charge in [-0.1, -0.05) is 25.4 Å². The van der Waals surface area contributed by atoms with Crippen molar-refractivity contribution in [3.63, 3.8) is 0 Å². The van der Waals surface area contributed by atoms with Crippen LogP contribution in [-0.4, -0.2) is 42.2 Å². The summed E-state index contributed by atoms with van der Waals surface area (Å²) in [6, 6.07) is 4.31. The Labute approximate surface area is 128 Å². The predicted molar refractivity (Wildman–Crippen MR) is 81.1 cm³/mol. The van der Waals surface area contributed by atoms with E-state index < -0.39 is 12.0 Å². The number of hydrogen-bond acceptors (Lipinski definition) is 3. The summed E-state index contributed by atoms with van der Waals surface area (Å²) in [5.74, 6) is -0.465. The van der Waals surface area contributed by atoms with Crippen molar-refractivity contribution in [3.8, 4) is 5.75 Å². The molecule has 0 aliphatic heterocycles. The fourth-order valence-corrected chi connectivity index (χ4v) is 1.97. The highest BCUT2D eigenvalue weighted by Crippen LogP contribution is 2.27. The van der Waals surface area contributed by atoms with E-state index >= 15 is 0 Å². The number of ether oxygens (including phenoxy) is 1. The quantitative estimate of drug-likeness (QED) is 0.846. The molecule has 0 heterocycles. The Morgan fingerprint density at radius 3 is 2.62 bits per heavy atom. The molecule has 0 bridgehead atoms. The predicted octanol–water partition coefficient (Wildman–Crippen LogP) is 2.92. The van der Waals surface area contributed by atoms with Crippen molar-refractivity contribution in [2.75, 3.05) is 25.5 Å². The lowest BCUT2D eigenvalue weighted by atomic mass is 10.2. The second-order valence-corrected chi connectivity index (χ2v) is 5.38. The van der Waals surface area contributed by atoms with E-state index in [-0.39, 0.29) is 12.5 Å². The third-order valence-corrected chi connectivity index (χ3v) is 2.84. The van der Waals surface area contributed by atoms with E-state index in [0.717, 1.165) is 0 Å². The van der Waals surface area contributed by atoms with Gasteiger partial charge in [0.25, 0.3) is 0 Å². The molecule has 1 rings (SSSR count). The third-order valence-electron chi connectivity index (χ3n) is 2.60. The van der Waals surface area contributed by atoms with E-state index in [4.69, 9.17) is 21.4 Å². The van der Waals surface area contributed by atoms with Gasteiger partial charge in [-0.15, -0.1) is 0 Å². The molecule has 0 saturated heterocycles. The first-order chi connectivity index (χ1) is 9.83. The first-order valence-electron chi connectivity index (χ1n) is 6.44. The molecule has 0 saturated carbocycles. The zero-order valence-electron chi connectivity index (χ0n) is 12.2. The number of methoxy groups -OCH3 is 1. The van der Waals surface area contributed by atoms with Gasteiger partial charge in [0.2, 0.25) is 0 Å². The molecule has 0 radical (unpaired) electrons. The number of urea groups is 1. The van der Waals surface area contributed by atoms with Crippen LogP contribution < -0.4 is 10.1 Å². The van der Waals surface area contributed by atoms with Gasteiger partial charge in [-0.2, -0.15) is 0 Å². The Balaban J connectivity index is 2.90. The van der Waals surface area contributed by atoms with Crippen LogP contribution in [0, 0.1) is 5.92 Å². The number of amides is 2. The number of aliphatic carboxylic acids is 1. The molecule has 116 valence electrons. The lowest BCUT2D eigenvalue weighted by Gasteiger charge is -2.23. The first kappa shape index (κ1) is 17.1. The number of carbonyl (C=O) groups excluding carboxylic acids is 1. The summed E-state index contributed by atoms with van der Waals surface area (Å²) in [4.78, 5) is 24.3. The van der Waals surface area contributed by atoms with E-state index in [2.05, 4.69) is 5.32 Å². The van der Waals surface area contributed by atoms with E-state index in [1.165, 1.54) is 12.0 Å². The second kappa shape index (κ2) is 7.73. The van der Waals surface area contributed by atoms with Crippen molar-refractivity contribution in [1.29, 1.82) is 0 Å². The second-order valence-electron chi connectivity index (χ2n) is 4.94. The van der Waals surface area contributed by atoms with Crippen molar-refractivity contribution >= 4 is 29.3 Å². The zero-order valence-corrected chi connectivity index (χ0v) is 13.0. The van der Waals surface area contributed by atoms with Gasteiger partial charge in [-0.25, -0.2) is 4.79 Å². The Morgan fingerprint density at radius 1 is 1.43 bits per heavy atom. The minimum Gasteiger partial charge on any atom is -0.495 e. The van der Waals surface area contributed by atoms with E-state index in [1.807, 2.05) is 13.8 Å². The van der Waals surface area contributed by atoms with Crippen LogP contribution in [0.2, 0.25) is 5.02 Å². The molecule has 0 spiro atoms. The summed E-state index contributed by atoms with van der Waals surface area (Å²) in [6.45, 7) is 3.78. The number of nitrogens with one attached hydrogen (secondary N) is 1. The highest BCUT2D eigenvalue weighted by Gasteiger charge is 2.19. The minimum absolute atomic E-state index is 0.149. The fraction of sp³-hybridized carbons (Fsp3) is 0.429. The van der Waals surface area contributed by atoms with Crippen molar-refractivity contribution in [2.24, 2.45) is 5.92 Å². The average molecular weight is 315 g/mol.